The third-order valence-electron chi connectivity index (χ3n) is 4.69. The monoisotopic (exact) mass is 421 g/mol. The van der Waals surface area contributed by atoms with Crippen molar-refractivity contribution in [2.45, 2.75) is 13.0 Å². The zero-order chi connectivity index (χ0) is 20.0. The van der Waals surface area contributed by atoms with E-state index in [4.69, 9.17) is 27.9 Å². The van der Waals surface area contributed by atoms with Crippen molar-refractivity contribution in [3.8, 4) is 5.75 Å². The highest BCUT2D eigenvalue weighted by molar-refractivity contribution is 6.45. The Bertz CT molecular complexity index is 1070. The summed E-state index contributed by atoms with van der Waals surface area (Å²) >= 11 is 12.8. The molecule has 0 fully saturated rings. The maximum absolute atomic E-state index is 15.1. The molecule has 0 saturated heterocycles. The first-order chi connectivity index (χ1) is 13.4. The quantitative estimate of drug-likeness (QED) is 0.663. The van der Waals surface area contributed by atoms with Gasteiger partial charge < -0.3 is 9.64 Å². The van der Waals surface area contributed by atoms with Crippen LogP contribution in [0.2, 0.25) is 10.0 Å². The minimum Gasteiger partial charge on any atom is -0.494 e. The van der Waals surface area contributed by atoms with Gasteiger partial charge in [0.2, 0.25) is 0 Å². The fourth-order valence-electron chi connectivity index (χ4n) is 3.40. The summed E-state index contributed by atoms with van der Waals surface area (Å²) in [4.78, 5) is 10.9. The number of aliphatic imine (C=N–C) groups is 2. The Kier molecular flexibility index (Phi) is 4.85. The van der Waals surface area contributed by atoms with E-state index in [1.54, 1.807) is 18.3 Å². The van der Waals surface area contributed by atoms with Gasteiger partial charge in [0.15, 0.2) is 11.6 Å². The van der Waals surface area contributed by atoms with E-state index in [1.807, 2.05) is 17.9 Å². The fraction of sp³-hybridized carbons (Fsp3) is 0.200. The number of hydrogen-bond donors (Lipinski definition) is 0. The molecule has 28 heavy (non-hydrogen) atoms. The Morgan fingerprint density at radius 3 is 2.68 bits per heavy atom. The van der Waals surface area contributed by atoms with Crippen molar-refractivity contribution in [3.05, 3.63) is 69.3 Å². The molecule has 4 nitrogen and oxygen atoms in total. The van der Waals surface area contributed by atoms with Crippen molar-refractivity contribution >= 4 is 40.4 Å². The lowest BCUT2D eigenvalue weighted by Crippen LogP contribution is -2.38. The fourth-order valence-corrected chi connectivity index (χ4v) is 3.81. The van der Waals surface area contributed by atoms with Crippen LogP contribution in [0.1, 0.15) is 18.1 Å². The summed E-state index contributed by atoms with van der Waals surface area (Å²) in [5.74, 6) is -1.06. The molecule has 1 unspecified atom stereocenters. The summed E-state index contributed by atoms with van der Waals surface area (Å²) in [5, 5.41) is 0.431. The van der Waals surface area contributed by atoms with Crippen molar-refractivity contribution < 1.29 is 13.5 Å². The van der Waals surface area contributed by atoms with Crippen LogP contribution in [-0.2, 0) is 0 Å². The molecular weight excluding hydrogens is 407 g/mol. The Morgan fingerprint density at radius 2 is 1.93 bits per heavy atom. The van der Waals surface area contributed by atoms with Gasteiger partial charge in [-0.15, -0.1) is 0 Å². The number of fused-ring (bicyclic) bond motifs is 3. The van der Waals surface area contributed by atoms with Gasteiger partial charge in [0, 0.05) is 18.3 Å². The second-order valence-electron chi connectivity index (χ2n) is 6.33. The molecule has 144 valence electrons. The van der Waals surface area contributed by atoms with E-state index in [1.165, 1.54) is 13.2 Å². The third-order valence-corrected chi connectivity index (χ3v) is 5.49. The lowest BCUT2D eigenvalue weighted by Gasteiger charge is -2.28. The first kappa shape index (κ1) is 18.9. The zero-order valence-electron chi connectivity index (χ0n) is 15.0. The molecular formula is C20H15Cl2F2N3O. The van der Waals surface area contributed by atoms with Crippen molar-refractivity contribution in [2.75, 3.05) is 18.6 Å². The lowest BCUT2D eigenvalue weighted by molar-refractivity contribution is 0.383. The van der Waals surface area contributed by atoms with Crippen LogP contribution in [-0.4, -0.2) is 31.2 Å². The standard InChI is InChI=1S/C20H15Cl2F2N3O/c1-10-20-25-8-3-9-27(20)13-6-4-11(21)17(22)16(13)19(26-10)15-12(23)5-7-14(28-2)18(15)24/h3-8,10H,9H2,1-2H3. The third kappa shape index (κ3) is 2.88. The molecule has 2 aromatic rings. The number of nitrogens with zero attached hydrogens (tertiary/aromatic N) is 3. The molecule has 4 rings (SSSR count). The van der Waals surface area contributed by atoms with E-state index in [0.717, 1.165) is 6.07 Å². The normalized spacial score (nSPS) is 18.1. The van der Waals surface area contributed by atoms with Crippen molar-refractivity contribution in [1.82, 2.24) is 0 Å². The Hall–Kier alpha value is -2.44. The molecule has 2 aliphatic rings. The highest BCUT2D eigenvalue weighted by atomic mass is 35.5. The van der Waals surface area contributed by atoms with Gasteiger partial charge in [0.1, 0.15) is 17.7 Å². The van der Waals surface area contributed by atoms with Crippen molar-refractivity contribution in [1.29, 1.82) is 0 Å². The van der Waals surface area contributed by atoms with E-state index < -0.39 is 17.7 Å². The lowest BCUT2D eigenvalue weighted by atomic mass is 9.98. The van der Waals surface area contributed by atoms with Gasteiger partial charge in [-0.3, -0.25) is 4.99 Å². The van der Waals surface area contributed by atoms with Gasteiger partial charge in [-0.1, -0.05) is 23.2 Å². The van der Waals surface area contributed by atoms with Crippen LogP contribution in [0.15, 0.2) is 46.5 Å². The van der Waals surface area contributed by atoms with Crippen molar-refractivity contribution in [3.63, 3.8) is 0 Å². The molecule has 1 atom stereocenters. The van der Waals surface area contributed by atoms with Gasteiger partial charge in [0.05, 0.1) is 34.1 Å². The van der Waals surface area contributed by atoms with Crippen LogP contribution in [0.25, 0.3) is 0 Å². The first-order valence-electron chi connectivity index (χ1n) is 8.52. The molecule has 0 aromatic heterocycles. The van der Waals surface area contributed by atoms with Crippen LogP contribution in [0.5, 0.6) is 5.75 Å². The zero-order valence-corrected chi connectivity index (χ0v) is 16.5. The molecule has 8 heteroatoms. The topological polar surface area (TPSA) is 37.2 Å². The van der Waals surface area contributed by atoms with Gasteiger partial charge in [0.25, 0.3) is 0 Å². The Balaban J connectivity index is 2.08. The first-order valence-corrected chi connectivity index (χ1v) is 9.28. The molecule has 2 aliphatic heterocycles. The van der Waals surface area contributed by atoms with Crippen LogP contribution in [0.4, 0.5) is 14.5 Å². The van der Waals surface area contributed by atoms with E-state index in [9.17, 15) is 4.39 Å². The van der Waals surface area contributed by atoms with Gasteiger partial charge in [-0.2, -0.15) is 0 Å². The molecule has 0 radical (unpaired) electrons. The molecule has 0 amide bonds. The van der Waals surface area contributed by atoms with E-state index in [-0.39, 0.29) is 27.1 Å². The molecule has 2 heterocycles. The average molecular weight is 422 g/mol. The average Bonchev–Trinajstić information content (AvgIpc) is 2.81. The summed E-state index contributed by atoms with van der Waals surface area (Å²) in [6.45, 7) is 2.34. The molecule has 0 spiro atoms. The molecule has 2 aromatic carbocycles. The number of methoxy groups -OCH3 is 1. The van der Waals surface area contributed by atoms with Crippen LogP contribution in [0, 0.1) is 11.6 Å². The SMILES string of the molecule is COc1ccc(F)c(C2=NC(C)C3=NC=CCN3c3ccc(Cl)c(Cl)c32)c1F. The number of benzene rings is 2. The largest absolute Gasteiger partial charge is 0.494 e. The second kappa shape index (κ2) is 7.18. The van der Waals surface area contributed by atoms with Crippen LogP contribution >= 0.6 is 23.2 Å². The summed E-state index contributed by atoms with van der Waals surface area (Å²) in [6.07, 6.45) is 3.56. The maximum Gasteiger partial charge on any atom is 0.177 e. The minimum absolute atomic E-state index is 0.0704. The molecule has 0 saturated carbocycles. The number of anilines is 1. The van der Waals surface area contributed by atoms with E-state index in [2.05, 4.69) is 9.98 Å². The van der Waals surface area contributed by atoms with E-state index >= 15 is 4.39 Å². The second-order valence-corrected chi connectivity index (χ2v) is 7.12. The van der Waals surface area contributed by atoms with E-state index in [0.29, 0.717) is 23.6 Å². The summed E-state index contributed by atoms with van der Waals surface area (Å²) in [5.41, 5.74) is 0.737. The van der Waals surface area contributed by atoms with Crippen molar-refractivity contribution in [2.24, 2.45) is 9.98 Å². The molecule has 0 bridgehead atoms. The number of ether oxygens (including phenoxy) is 1. The molecule has 0 N–H and O–H groups in total. The molecule has 0 aliphatic carbocycles. The highest BCUT2D eigenvalue weighted by Crippen LogP contribution is 2.40. The smallest absolute Gasteiger partial charge is 0.177 e. The number of amidine groups is 1. The van der Waals surface area contributed by atoms with Gasteiger partial charge in [-0.05, 0) is 37.3 Å². The van der Waals surface area contributed by atoms with Gasteiger partial charge >= 0.3 is 0 Å². The van der Waals surface area contributed by atoms with Crippen LogP contribution < -0.4 is 9.64 Å². The summed E-state index contributed by atoms with van der Waals surface area (Å²) in [6, 6.07) is 5.30. The minimum atomic E-state index is -0.852. The number of halogens is 4. The van der Waals surface area contributed by atoms with Gasteiger partial charge in [-0.25, -0.2) is 13.8 Å². The number of hydrogen-bond acceptors (Lipinski definition) is 4. The summed E-state index contributed by atoms with van der Waals surface area (Å²) in [7, 11) is 1.32. The Morgan fingerprint density at radius 1 is 1.14 bits per heavy atom. The Labute approximate surface area is 170 Å². The predicted octanol–water partition coefficient (Wildman–Crippen LogP) is 5.25. The van der Waals surface area contributed by atoms with Crippen LogP contribution in [0.3, 0.4) is 0 Å². The number of rotatable bonds is 2. The highest BCUT2D eigenvalue weighted by Gasteiger charge is 2.33. The maximum atomic E-state index is 15.1. The predicted molar refractivity (Wildman–Crippen MR) is 108 cm³/mol. The summed E-state index contributed by atoms with van der Waals surface area (Å²) < 4.78 is 34.9.